The predicted molar refractivity (Wildman–Crippen MR) is 78.7 cm³/mol. The second-order valence-corrected chi connectivity index (χ2v) is 7.14. The summed E-state index contributed by atoms with van der Waals surface area (Å²) in [5.41, 5.74) is 1.34. The Morgan fingerprint density at radius 3 is 2.83 bits per heavy atom. The molecule has 1 aliphatic rings. The van der Waals surface area contributed by atoms with Crippen LogP contribution in [0.2, 0.25) is 5.02 Å². The Hall–Kier alpha value is -0.380. The second-order valence-electron chi connectivity index (χ2n) is 5.23. The molecule has 1 aromatic carbocycles. The van der Waals surface area contributed by atoms with Crippen LogP contribution < -0.4 is 5.32 Å². The fraction of sp³-hybridized carbons (Fsp3) is 0.571. The van der Waals surface area contributed by atoms with Crippen molar-refractivity contribution in [3.63, 3.8) is 0 Å². The lowest BCUT2D eigenvalue weighted by atomic mass is 9.75. The highest BCUT2D eigenvalue weighted by atomic mass is 35.5. The topological polar surface area (TPSA) is 29.1 Å². The molecule has 0 heterocycles. The van der Waals surface area contributed by atoms with E-state index in [1.54, 1.807) is 6.26 Å². The number of hydrogen-bond donors (Lipinski definition) is 1. The van der Waals surface area contributed by atoms with Crippen molar-refractivity contribution in [2.24, 2.45) is 0 Å². The number of nitrogens with one attached hydrogen (secondary N) is 1. The van der Waals surface area contributed by atoms with Crippen LogP contribution in [0.15, 0.2) is 24.3 Å². The van der Waals surface area contributed by atoms with Crippen LogP contribution in [0.5, 0.6) is 0 Å². The van der Waals surface area contributed by atoms with Gasteiger partial charge in [-0.3, -0.25) is 4.21 Å². The van der Waals surface area contributed by atoms with Gasteiger partial charge >= 0.3 is 0 Å². The van der Waals surface area contributed by atoms with Crippen LogP contribution in [0.4, 0.5) is 0 Å². The highest BCUT2D eigenvalue weighted by Gasteiger charge is 2.30. The summed E-state index contributed by atoms with van der Waals surface area (Å²) in [6.07, 6.45) is 4.07. The SMILES string of the molecule is CC(CS(C)=O)NC1CC(c2cccc(Cl)c2)C1. The first-order valence-corrected chi connectivity index (χ1v) is 8.46. The minimum absolute atomic E-state index is 0.334. The lowest BCUT2D eigenvalue weighted by molar-refractivity contribution is 0.276. The van der Waals surface area contributed by atoms with E-state index in [-0.39, 0.29) is 0 Å². The molecule has 0 aliphatic heterocycles. The summed E-state index contributed by atoms with van der Waals surface area (Å²) >= 11 is 6.00. The zero-order valence-electron chi connectivity index (χ0n) is 10.9. The Morgan fingerprint density at radius 2 is 2.22 bits per heavy atom. The van der Waals surface area contributed by atoms with Gasteiger partial charge in [0.15, 0.2) is 0 Å². The van der Waals surface area contributed by atoms with Gasteiger partial charge in [-0.05, 0) is 43.4 Å². The normalized spacial score (nSPS) is 26.4. The van der Waals surface area contributed by atoms with Crippen LogP contribution in [0, 0.1) is 0 Å². The maximum atomic E-state index is 11.1. The van der Waals surface area contributed by atoms with Crippen LogP contribution in [-0.2, 0) is 10.8 Å². The highest BCUT2D eigenvalue weighted by molar-refractivity contribution is 7.84. The third-order valence-corrected chi connectivity index (χ3v) is 4.67. The van der Waals surface area contributed by atoms with E-state index in [4.69, 9.17) is 11.6 Å². The van der Waals surface area contributed by atoms with Gasteiger partial charge in [0.1, 0.15) is 0 Å². The molecule has 18 heavy (non-hydrogen) atoms. The lowest BCUT2D eigenvalue weighted by Crippen LogP contribution is -2.46. The van der Waals surface area contributed by atoms with Gasteiger partial charge in [-0.15, -0.1) is 0 Å². The van der Waals surface area contributed by atoms with Gasteiger partial charge in [-0.2, -0.15) is 0 Å². The maximum Gasteiger partial charge on any atom is 0.0408 e. The molecule has 100 valence electrons. The van der Waals surface area contributed by atoms with Crippen molar-refractivity contribution in [2.45, 2.75) is 37.8 Å². The van der Waals surface area contributed by atoms with Crippen molar-refractivity contribution < 1.29 is 4.21 Å². The smallest absolute Gasteiger partial charge is 0.0408 e. The summed E-state index contributed by atoms with van der Waals surface area (Å²) in [6.45, 7) is 2.11. The fourth-order valence-corrected chi connectivity index (χ4v) is 3.59. The minimum atomic E-state index is -0.718. The molecule has 0 aromatic heterocycles. The zero-order chi connectivity index (χ0) is 13.1. The number of rotatable bonds is 5. The van der Waals surface area contributed by atoms with E-state index in [1.807, 2.05) is 12.1 Å². The molecule has 1 aromatic rings. The van der Waals surface area contributed by atoms with Crippen molar-refractivity contribution in [3.8, 4) is 0 Å². The van der Waals surface area contributed by atoms with Crippen molar-refractivity contribution in [3.05, 3.63) is 34.9 Å². The molecule has 1 fully saturated rings. The molecule has 0 bridgehead atoms. The fourth-order valence-electron chi connectivity index (χ4n) is 2.59. The molecule has 2 atom stereocenters. The molecular formula is C14H20ClNOS. The van der Waals surface area contributed by atoms with E-state index in [0.717, 1.165) is 23.6 Å². The van der Waals surface area contributed by atoms with E-state index in [2.05, 4.69) is 24.4 Å². The molecule has 1 N–H and O–H groups in total. The average molecular weight is 286 g/mol. The molecule has 2 rings (SSSR count). The molecule has 4 heteroatoms. The van der Waals surface area contributed by atoms with Crippen LogP contribution in [0.25, 0.3) is 0 Å². The van der Waals surface area contributed by atoms with E-state index in [9.17, 15) is 4.21 Å². The Balaban J connectivity index is 1.78. The van der Waals surface area contributed by atoms with Gasteiger partial charge in [0.2, 0.25) is 0 Å². The van der Waals surface area contributed by atoms with Crippen molar-refractivity contribution >= 4 is 22.4 Å². The minimum Gasteiger partial charge on any atom is -0.311 e. The maximum absolute atomic E-state index is 11.1. The van der Waals surface area contributed by atoms with Crippen molar-refractivity contribution in [1.29, 1.82) is 0 Å². The van der Waals surface area contributed by atoms with Gasteiger partial charge in [-0.25, -0.2) is 0 Å². The van der Waals surface area contributed by atoms with Gasteiger partial charge in [0, 0.05) is 39.9 Å². The quantitative estimate of drug-likeness (QED) is 0.901. The van der Waals surface area contributed by atoms with Gasteiger partial charge in [-0.1, -0.05) is 23.7 Å². The van der Waals surface area contributed by atoms with E-state index in [1.165, 1.54) is 5.56 Å². The molecule has 2 unspecified atom stereocenters. The monoisotopic (exact) mass is 285 g/mol. The Kier molecular flexibility index (Phi) is 4.82. The van der Waals surface area contributed by atoms with Gasteiger partial charge in [0.05, 0.1) is 0 Å². The summed E-state index contributed by atoms with van der Waals surface area (Å²) in [4.78, 5) is 0. The molecule has 2 nitrogen and oxygen atoms in total. The van der Waals surface area contributed by atoms with E-state index >= 15 is 0 Å². The molecule has 0 amide bonds. The predicted octanol–water partition coefficient (Wildman–Crippen LogP) is 2.94. The Bertz CT molecular complexity index is 432. The third kappa shape index (κ3) is 3.81. The molecule has 0 saturated heterocycles. The molecule has 0 spiro atoms. The average Bonchev–Trinajstić information content (AvgIpc) is 2.21. The molecule has 1 aliphatic carbocycles. The summed E-state index contributed by atoms with van der Waals surface area (Å²) in [5.74, 6) is 1.36. The van der Waals surface area contributed by atoms with Crippen molar-refractivity contribution in [2.75, 3.05) is 12.0 Å². The van der Waals surface area contributed by atoms with Gasteiger partial charge < -0.3 is 5.32 Å². The summed E-state index contributed by atoms with van der Waals surface area (Å²) < 4.78 is 11.1. The Morgan fingerprint density at radius 1 is 1.50 bits per heavy atom. The Labute approximate surface area is 117 Å². The van der Waals surface area contributed by atoms with Gasteiger partial charge in [0.25, 0.3) is 0 Å². The van der Waals surface area contributed by atoms with Crippen LogP contribution in [0.3, 0.4) is 0 Å². The lowest BCUT2D eigenvalue weighted by Gasteiger charge is -2.38. The largest absolute Gasteiger partial charge is 0.311 e. The second kappa shape index (κ2) is 6.18. The third-order valence-electron chi connectivity index (χ3n) is 3.46. The first kappa shape index (κ1) is 14.0. The molecule has 1 saturated carbocycles. The first-order valence-electron chi connectivity index (χ1n) is 6.36. The zero-order valence-corrected chi connectivity index (χ0v) is 12.4. The standard InChI is InChI=1S/C14H20ClNOS/c1-10(9-18(2)17)16-14-7-12(8-14)11-4-3-5-13(15)6-11/h3-6,10,12,14,16H,7-9H2,1-2H3. The number of hydrogen-bond acceptors (Lipinski definition) is 2. The summed E-state index contributed by atoms with van der Waals surface area (Å²) in [7, 11) is -0.718. The van der Waals surface area contributed by atoms with E-state index < -0.39 is 10.8 Å². The summed E-state index contributed by atoms with van der Waals surface area (Å²) in [6, 6.07) is 9.04. The molecule has 0 radical (unpaired) electrons. The first-order chi connectivity index (χ1) is 8.54. The number of benzene rings is 1. The summed E-state index contributed by atoms with van der Waals surface area (Å²) in [5, 5.41) is 4.35. The van der Waals surface area contributed by atoms with Crippen LogP contribution in [0.1, 0.15) is 31.2 Å². The number of halogens is 1. The highest BCUT2D eigenvalue weighted by Crippen LogP contribution is 2.37. The van der Waals surface area contributed by atoms with Crippen LogP contribution >= 0.6 is 11.6 Å². The molecular weight excluding hydrogens is 266 g/mol. The van der Waals surface area contributed by atoms with E-state index in [0.29, 0.717) is 18.0 Å². The van der Waals surface area contributed by atoms with Crippen LogP contribution in [-0.4, -0.2) is 28.3 Å². The van der Waals surface area contributed by atoms with Crippen molar-refractivity contribution in [1.82, 2.24) is 5.32 Å².